The molecule has 0 radical (unpaired) electrons. The maximum absolute atomic E-state index is 4.49. The van der Waals surface area contributed by atoms with Gasteiger partial charge in [0.15, 0.2) is 0 Å². The SMILES string of the molecule is CC1=NCCC12CCCC2. The zero-order valence-electron chi connectivity index (χ0n) is 6.69. The lowest BCUT2D eigenvalue weighted by Crippen LogP contribution is -2.21. The van der Waals surface area contributed by atoms with Crippen LogP contribution in [0.1, 0.15) is 39.0 Å². The first-order valence-corrected chi connectivity index (χ1v) is 4.35. The molecule has 1 nitrogen and oxygen atoms in total. The summed E-state index contributed by atoms with van der Waals surface area (Å²) in [5.74, 6) is 0. The van der Waals surface area contributed by atoms with Crippen LogP contribution in [0.3, 0.4) is 0 Å². The van der Waals surface area contributed by atoms with Crippen LogP contribution in [0.25, 0.3) is 0 Å². The van der Waals surface area contributed by atoms with Gasteiger partial charge in [0.25, 0.3) is 0 Å². The second-order valence-electron chi connectivity index (χ2n) is 3.70. The quantitative estimate of drug-likeness (QED) is 0.486. The Kier molecular flexibility index (Phi) is 1.33. The zero-order valence-corrected chi connectivity index (χ0v) is 6.69. The number of rotatable bonds is 0. The van der Waals surface area contributed by atoms with Crippen LogP contribution in [0, 0.1) is 5.41 Å². The minimum Gasteiger partial charge on any atom is -0.294 e. The molecular weight excluding hydrogens is 122 g/mol. The lowest BCUT2D eigenvalue weighted by atomic mass is 9.81. The molecule has 2 rings (SSSR count). The summed E-state index contributed by atoms with van der Waals surface area (Å²) in [5.41, 5.74) is 2.05. The van der Waals surface area contributed by atoms with Crippen molar-refractivity contribution in [2.45, 2.75) is 39.0 Å². The molecule has 0 saturated heterocycles. The molecule has 1 heterocycles. The van der Waals surface area contributed by atoms with Gasteiger partial charge >= 0.3 is 0 Å². The Hall–Kier alpha value is -0.330. The molecule has 1 heteroatoms. The molecule has 1 aliphatic carbocycles. The number of aliphatic imine (C=N–C) groups is 1. The average molecular weight is 137 g/mol. The summed E-state index contributed by atoms with van der Waals surface area (Å²) in [6.45, 7) is 3.32. The first kappa shape index (κ1) is 6.38. The van der Waals surface area contributed by atoms with Crippen molar-refractivity contribution >= 4 is 5.71 Å². The number of nitrogens with zero attached hydrogens (tertiary/aromatic N) is 1. The molecule has 0 aromatic heterocycles. The van der Waals surface area contributed by atoms with Crippen molar-refractivity contribution in [2.24, 2.45) is 10.4 Å². The third-order valence-electron chi connectivity index (χ3n) is 3.27. The fraction of sp³-hybridized carbons (Fsp3) is 0.889. The molecule has 1 fully saturated rings. The Balaban J connectivity index is 2.21. The fourth-order valence-electron chi connectivity index (χ4n) is 2.45. The Morgan fingerprint density at radius 3 is 2.40 bits per heavy atom. The van der Waals surface area contributed by atoms with Gasteiger partial charge in [-0.25, -0.2) is 0 Å². The van der Waals surface area contributed by atoms with Crippen molar-refractivity contribution in [3.63, 3.8) is 0 Å². The van der Waals surface area contributed by atoms with Gasteiger partial charge in [0, 0.05) is 17.7 Å². The first-order chi connectivity index (χ1) is 4.83. The van der Waals surface area contributed by atoms with Crippen molar-refractivity contribution in [1.29, 1.82) is 0 Å². The molecular formula is C9H15N. The van der Waals surface area contributed by atoms with Gasteiger partial charge in [-0.1, -0.05) is 12.8 Å². The third-order valence-corrected chi connectivity index (χ3v) is 3.27. The van der Waals surface area contributed by atoms with E-state index in [1.54, 1.807) is 0 Å². The monoisotopic (exact) mass is 137 g/mol. The van der Waals surface area contributed by atoms with Crippen LogP contribution < -0.4 is 0 Å². The minimum atomic E-state index is 0.597. The van der Waals surface area contributed by atoms with E-state index >= 15 is 0 Å². The van der Waals surface area contributed by atoms with Crippen molar-refractivity contribution in [2.75, 3.05) is 6.54 Å². The van der Waals surface area contributed by atoms with Crippen LogP contribution in [0.2, 0.25) is 0 Å². The van der Waals surface area contributed by atoms with Crippen LogP contribution in [0.15, 0.2) is 4.99 Å². The molecule has 0 unspecified atom stereocenters. The molecule has 0 aromatic rings. The molecule has 1 spiro atoms. The van der Waals surface area contributed by atoms with Crippen molar-refractivity contribution in [3.8, 4) is 0 Å². The maximum Gasteiger partial charge on any atom is 0.0397 e. The van der Waals surface area contributed by atoms with Gasteiger partial charge in [0.05, 0.1) is 0 Å². The molecule has 1 saturated carbocycles. The Labute approximate surface area is 62.5 Å². The highest BCUT2D eigenvalue weighted by Gasteiger charge is 2.38. The standard InChI is InChI=1S/C9H15N/c1-8-9(6-7-10-8)4-2-3-5-9/h2-7H2,1H3. The van der Waals surface area contributed by atoms with Crippen LogP contribution in [-0.4, -0.2) is 12.3 Å². The summed E-state index contributed by atoms with van der Waals surface area (Å²) in [6, 6.07) is 0. The van der Waals surface area contributed by atoms with Crippen LogP contribution >= 0.6 is 0 Å². The molecule has 0 bridgehead atoms. The topological polar surface area (TPSA) is 12.4 Å². The highest BCUT2D eigenvalue weighted by molar-refractivity contribution is 5.89. The van der Waals surface area contributed by atoms with E-state index in [9.17, 15) is 0 Å². The van der Waals surface area contributed by atoms with Gasteiger partial charge in [-0.15, -0.1) is 0 Å². The number of hydrogen-bond acceptors (Lipinski definition) is 1. The predicted molar refractivity (Wildman–Crippen MR) is 43.5 cm³/mol. The van der Waals surface area contributed by atoms with E-state index in [1.165, 1.54) is 37.8 Å². The van der Waals surface area contributed by atoms with Gasteiger partial charge in [0.2, 0.25) is 0 Å². The van der Waals surface area contributed by atoms with E-state index in [-0.39, 0.29) is 0 Å². The fourth-order valence-corrected chi connectivity index (χ4v) is 2.45. The summed E-state index contributed by atoms with van der Waals surface area (Å²) >= 11 is 0. The van der Waals surface area contributed by atoms with Gasteiger partial charge in [-0.3, -0.25) is 4.99 Å². The zero-order chi connectivity index (χ0) is 7.03. The third kappa shape index (κ3) is 0.727. The average Bonchev–Trinajstić information content (AvgIpc) is 2.48. The molecule has 0 aromatic carbocycles. The molecule has 0 amide bonds. The molecule has 0 N–H and O–H groups in total. The van der Waals surface area contributed by atoms with Crippen LogP contribution in [0.4, 0.5) is 0 Å². The van der Waals surface area contributed by atoms with E-state index < -0.39 is 0 Å². The lowest BCUT2D eigenvalue weighted by Gasteiger charge is -2.22. The highest BCUT2D eigenvalue weighted by Crippen LogP contribution is 2.44. The van der Waals surface area contributed by atoms with E-state index in [0.29, 0.717) is 5.41 Å². The molecule has 2 aliphatic rings. The van der Waals surface area contributed by atoms with Gasteiger partial charge < -0.3 is 0 Å². The highest BCUT2D eigenvalue weighted by atomic mass is 14.8. The summed E-state index contributed by atoms with van der Waals surface area (Å²) in [7, 11) is 0. The van der Waals surface area contributed by atoms with E-state index in [2.05, 4.69) is 11.9 Å². The lowest BCUT2D eigenvalue weighted by molar-refractivity contribution is 0.431. The van der Waals surface area contributed by atoms with Crippen molar-refractivity contribution in [3.05, 3.63) is 0 Å². The Morgan fingerprint density at radius 2 is 1.90 bits per heavy atom. The molecule has 10 heavy (non-hydrogen) atoms. The summed E-state index contributed by atoms with van der Waals surface area (Å²) in [4.78, 5) is 4.49. The van der Waals surface area contributed by atoms with Crippen LogP contribution in [0.5, 0.6) is 0 Å². The van der Waals surface area contributed by atoms with Crippen LogP contribution in [-0.2, 0) is 0 Å². The van der Waals surface area contributed by atoms with Gasteiger partial charge in [0.1, 0.15) is 0 Å². The van der Waals surface area contributed by atoms with E-state index in [1.807, 2.05) is 0 Å². The smallest absolute Gasteiger partial charge is 0.0397 e. The Bertz CT molecular complexity index is 164. The Morgan fingerprint density at radius 1 is 1.20 bits per heavy atom. The second kappa shape index (κ2) is 2.08. The molecule has 56 valence electrons. The first-order valence-electron chi connectivity index (χ1n) is 4.35. The molecule has 1 aliphatic heterocycles. The van der Waals surface area contributed by atoms with Crippen molar-refractivity contribution in [1.82, 2.24) is 0 Å². The predicted octanol–water partition coefficient (Wildman–Crippen LogP) is 2.41. The van der Waals surface area contributed by atoms with Crippen molar-refractivity contribution < 1.29 is 0 Å². The minimum absolute atomic E-state index is 0.597. The summed E-state index contributed by atoms with van der Waals surface area (Å²) in [5, 5.41) is 0. The van der Waals surface area contributed by atoms with Gasteiger partial charge in [-0.2, -0.15) is 0 Å². The maximum atomic E-state index is 4.49. The summed E-state index contributed by atoms with van der Waals surface area (Å²) in [6.07, 6.45) is 7.06. The normalized spacial score (nSPS) is 29.5. The second-order valence-corrected chi connectivity index (χ2v) is 3.70. The van der Waals surface area contributed by atoms with Gasteiger partial charge in [-0.05, 0) is 26.2 Å². The largest absolute Gasteiger partial charge is 0.294 e. The molecule has 0 atom stereocenters. The van der Waals surface area contributed by atoms with E-state index in [0.717, 1.165) is 6.54 Å². The van der Waals surface area contributed by atoms with E-state index in [4.69, 9.17) is 0 Å². The number of hydrogen-bond donors (Lipinski definition) is 0. The summed E-state index contributed by atoms with van der Waals surface area (Å²) < 4.78 is 0.